The van der Waals surface area contributed by atoms with Gasteiger partial charge in [-0.25, -0.2) is 12.7 Å². The van der Waals surface area contributed by atoms with Crippen LogP contribution in [0.1, 0.15) is 43.7 Å². The van der Waals surface area contributed by atoms with Gasteiger partial charge in [-0.05, 0) is 36.8 Å². The Balaban J connectivity index is 2.17. The van der Waals surface area contributed by atoms with Crippen molar-refractivity contribution in [3.8, 4) is 0 Å². The van der Waals surface area contributed by atoms with Crippen LogP contribution in [0.3, 0.4) is 0 Å². The molecule has 0 spiro atoms. The summed E-state index contributed by atoms with van der Waals surface area (Å²) in [6, 6.07) is 5.99. The van der Waals surface area contributed by atoms with Crippen LogP contribution in [-0.4, -0.2) is 38.0 Å². The number of hydrogen-bond acceptors (Lipinski definition) is 3. The van der Waals surface area contributed by atoms with Crippen LogP contribution in [-0.2, 0) is 14.8 Å². The highest BCUT2D eigenvalue weighted by Crippen LogP contribution is 2.29. The smallest absolute Gasteiger partial charge is 0.228 e. The Labute approximate surface area is 139 Å². The number of rotatable bonds is 4. The summed E-state index contributed by atoms with van der Waals surface area (Å²) >= 11 is 0. The lowest BCUT2D eigenvalue weighted by Crippen LogP contribution is -2.43. The Morgan fingerprint density at radius 3 is 2.65 bits per heavy atom. The Morgan fingerprint density at radius 2 is 2.04 bits per heavy atom. The van der Waals surface area contributed by atoms with Gasteiger partial charge in [0, 0.05) is 18.8 Å². The molecule has 1 N–H and O–H groups in total. The minimum absolute atomic E-state index is 0.0884. The van der Waals surface area contributed by atoms with Gasteiger partial charge in [0.05, 0.1) is 12.2 Å². The van der Waals surface area contributed by atoms with Crippen LogP contribution < -0.4 is 5.32 Å². The molecule has 1 fully saturated rings. The number of carbonyl (C=O) groups excluding carboxylic acids is 1. The van der Waals surface area contributed by atoms with Crippen molar-refractivity contribution in [1.82, 2.24) is 4.31 Å². The summed E-state index contributed by atoms with van der Waals surface area (Å²) in [6.07, 6.45) is 2.64. The van der Waals surface area contributed by atoms with Gasteiger partial charge in [0.2, 0.25) is 15.9 Å². The van der Waals surface area contributed by atoms with Crippen LogP contribution in [0, 0.1) is 12.8 Å². The number of nitrogens with one attached hydrogen (secondary N) is 1. The average molecular weight is 338 g/mol. The molecule has 0 unspecified atom stereocenters. The number of carbonyl (C=O) groups is 1. The van der Waals surface area contributed by atoms with E-state index in [4.69, 9.17) is 0 Å². The molecule has 23 heavy (non-hydrogen) atoms. The normalized spacial score (nSPS) is 19.8. The summed E-state index contributed by atoms with van der Waals surface area (Å²) in [6.45, 7) is 6.94. The average Bonchev–Trinajstić information content (AvgIpc) is 2.48. The molecule has 128 valence electrons. The fraction of sp³-hybridized carbons (Fsp3) is 0.588. The first-order chi connectivity index (χ1) is 10.7. The molecule has 5 nitrogen and oxygen atoms in total. The standard InChI is InChI=1S/C17H26N2O3S/c1-12(2)15-9-5-7-13(3)16(15)18-17(20)14-8-6-10-19(11-14)23(4,21)22/h5,7,9,12,14H,6,8,10-11H2,1-4H3,(H,18,20)/t14-/m0/s1. The lowest BCUT2D eigenvalue weighted by atomic mass is 9.95. The van der Waals surface area contributed by atoms with E-state index in [-0.39, 0.29) is 18.4 Å². The Bertz CT molecular complexity index is 683. The Kier molecular flexibility index (Phi) is 5.47. The first-order valence-electron chi connectivity index (χ1n) is 8.05. The molecule has 1 heterocycles. The molecule has 1 atom stereocenters. The van der Waals surface area contributed by atoms with Gasteiger partial charge in [0.15, 0.2) is 0 Å². The molecule has 1 saturated heterocycles. The first-order valence-corrected chi connectivity index (χ1v) is 9.90. The molecule has 2 rings (SSSR count). The zero-order valence-electron chi connectivity index (χ0n) is 14.3. The van der Waals surface area contributed by atoms with Gasteiger partial charge in [0.25, 0.3) is 0 Å². The van der Waals surface area contributed by atoms with Crippen molar-refractivity contribution in [1.29, 1.82) is 0 Å². The summed E-state index contributed by atoms with van der Waals surface area (Å²) in [4.78, 5) is 12.6. The maximum absolute atomic E-state index is 12.6. The van der Waals surface area contributed by atoms with E-state index in [0.717, 1.165) is 29.7 Å². The summed E-state index contributed by atoms with van der Waals surface area (Å²) in [5, 5.41) is 3.04. The maximum atomic E-state index is 12.6. The number of hydrogen-bond donors (Lipinski definition) is 1. The third kappa shape index (κ3) is 4.32. The lowest BCUT2D eigenvalue weighted by molar-refractivity contribution is -0.120. The molecule has 0 aromatic heterocycles. The minimum Gasteiger partial charge on any atom is -0.325 e. The quantitative estimate of drug-likeness (QED) is 0.918. The van der Waals surface area contributed by atoms with Crippen molar-refractivity contribution < 1.29 is 13.2 Å². The van der Waals surface area contributed by atoms with Crippen LogP contribution in [0.2, 0.25) is 0 Å². The van der Waals surface area contributed by atoms with Crippen molar-refractivity contribution >= 4 is 21.6 Å². The summed E-state index contributed by atoms with van der Waals surface area (Å²) < 4.78 is 24.8. The van der Waals surface area contributed by atoms with E-state index in [1.54, 1.807) is 0 Å². The van der Waals surface area contributed by atoms with Gasteiger partial charge in [0.1, 0.15) is 0 Å². The first kappa shape index (κ1) is 17.9. The highest BCUT2D eigenvalue weighted by atomic mass is 32.2. The van der Waals surface area contributed by atoms with Crippen LogP contribution in [0.5, 0.6) is 0 Å². The molecular weight excluding hydrogens is 312 g/mol. The van der Waals surface area contributed by atoms with E-state index < -0.39 is 10.0 Å². The second-order valence-corrected chi connectivity index (χ2v) is 8.63. The Morgan fingerprint density at radius 1 is 1.35 bits per heavy atom. The number of nitrogens with zero attached hydrogens (tertiary/aromatic N) is 1. The fourth-order valence-corrected chi connectivity index (χ4v) is 3.94. The zero-order valence-corrected chi connectivity index (χ0v) is 15.1. The third-order valence-corrected chi connectivity index (χ3v) is 5.67. The number of benzene rings is 1. The predicted molar refractivity (Wildman–Crippen MR) is 93.0 cm³/mol. The molecule has 1 amide bonds. The van der Waals surface area contributed by atoms with E-state index in [9.17, 15) is 13.2 Å². The summed E-state index contributed by atoms with van der Waals surface area (Å²) in [5.74, 6) is -0.0725. The second-order valence-electron chi connectivity index (χ2n) is 6.64. The third-order valence-electron chi connectivity index (χ3n) is 4.40. The predicted octanol–water partition coefficient (Wildman–Crippen LogP) is 2.73. The topological polar surface area (TPSA) is 66.5 Å². The second kappa shape index (κ2) is 7.01. The van der Waals surface area contributed by atoms with Gasteiger partial charge >= 0.3 is 0 Å². The van der Waals surface area contributed by atoms with Crippen LogP contribution in [0.25, 0.3) is 0 Å². The van der Waals surface area contributed by atoms with Crippen LogP contribution >= 0.6 is 0 Å². The molecule has 0 aliphatic carbocycles. The van der Waals surface area contributed by atoms with Crippen LogP contribution in [0.15, 0.2) is 18.2 Å². The lowest BCUT2D eigenvalue weighted by Gasteiger charge is -2.30. The number of aryl methyl sites for hydroxylation is 1. The molecule has 0 saturated carbocycles. The van der Waals surface area contributed by atoms with Crippen molar-refractivity contribution in [2.45, 2.75) is 39.5 Å². The summed E-state index contributed by atoms with van der Waals surface area (Å²) in [5.41, 5.74) is 3.00. The number of anilines is 1. The molecule has 1 aliphatic rings. The molecule has 6 heteroatoms. The fourth-order valence-electron chi connectivity index (χ4n) is 3.03. The van der Waals surface area contributed by atoms with Crippen molar-refractivity contribution in [2.24, 2.45) is 5.92 Å². The number of sulfonamides is 1. The van der Waals surface area contributed by atoms with E-state index in [0.29, 0.717) is 12.5 Å². The zero-order chi connectivity index (χ0) is 17.2. The highest BCUT2D eigenvalue weighted by Gasteiger charge is 2.30. The molecular formula is C17H26N2O3S. The molecule has 1 aliphatic heterocycles. The number of para-hydroxylation sites is 1. The van der Waals surface area contributed by atoms with E-state index in [1.807, 2.05) is 25.1 Å². The van der Waals surface area contributed by atoms with Crippen molar-refractivity contribution in [3.05, 3.63) is 29.3 Å². The van der Waals surface area contributed by atoms with Crippen LogP contribution in [0.4, 0.5) is 5.69 Å². The molecule has 1 aromatic rings. The van der Waals surface area contributed by atoms with E-state index in [2.05, 4.69) is 19.2 Å². The van der Waals surface area contributed by atoms with Gasteiger partial charge in [-0.15, -0.1) is 0 Å². The van der Waals surface area contributed by atoms with Gasteiger partial charge in [-0.3, -0.25) is 4.79 Å². The number of piperidine rings is 1. The molecule has 0 radical (unpaired) electrons. The molecule has 1 aromatic carbocycles. The maximum Gasteiger partial charge on any atom is 0.228 e. The van der Waals surface area contributed by atoms with Crippen molar-refractivity contribution in [3.63, 3.8) is 0 Å². The monoisotopic (exact) mass is 338 g/mol. The van der Waals surface area contributed by atoms with Gasteiger partial charge in [-0.2, -0.15) is 0 Å². The highest BCUT2D eigenvalue weighted by molar-refractivity contribution is 7.88. The molecule has 0 bridgehead atoms. The largest absolute Gasteiger partial charge is 0.325 e. The van der Waals surface area contributed by atoms with Gasteiger partial charge in [-0.1, -0.05) is 32.0 Å². The number of amides is 1. The van der Waals surface area contributed by atoms with Gasteiger partial charge < -0.3 is 5.32 Å². The van der Waals surface area contributed by atoms with E-state index >= 15 is 0 Å². The minimum atomic E-state index is -3.24. The van der Waals surface area contributed by atoms with E-state index in [1.165, 1.54) is 10.6 Å². The summed E-state index contributed by atoms with van der Waals surface area (Å²) in [7, 11) is -3.24. The van der Waals surface area contributed by atoms with Crippen molar-refractivity contribution in [2.75, 3.05) is 24.7 Å². The SMILES string of the molecule is Cc1cccc(C(C)C)c1NC(=O)[C@H]1CCCN(S(C)(=O)=O)C1. The Hall–Kier alpha value is -1.40.